The summed E-state index contributed by atoms with van der Waals surface area (Å²) in [6, 6.07) is 0.511. The number of unbranched alkanes of at least 4 members (excludes halogenated alkanes) is 22. The summed E-state index contributed by atoms with van der Waals surface area (Å²) < 4.78 is 18.8. The van der Waals surface area contributed by atoms with Gasteiger partial charge >= 0.3 is 14.8 Å². The fraction of sp³-hybridized carbons (Fsp3) is 0.974. The summed E-state index contributed by atoms with van der Waals surface area (Å²) in [6.07, 6.45) is 28.6. The van der Waals surface area contributed by atoms with E-state index in [9.17, 15) is 20.1 Å². The summed E-state index contributed by atoms with van der Waals surface area (Å²) in [4.78, 5) is 11.8. The predicted molar refractivity (Wildman–Crippen MR) is 193 cm³/mol. The highest BCUT2D eigenvalue weighted by atomic mass is 28.4. The van der Waals surface area contributed by atoms with E-state index in [-0.39, 0.29) is 6.61 Å². The molecule has 0 saturated carbocycles. The van der Waals surface area contributed by atoms with Gasteiger partial charge in [-0.3, -0.25) is 0 Å². The van der Waals surface area contributed by atoms with Crippen molar-refractivity contribution in [3.8, 4) is 0 Å². The number of hydrogen-bond donors (Lipinski definition) is 3. The Labute approximate surface area is 290 Å². The van der Waals surface area contributed by atoms with E-state index < -0.39 is 39.2 Å². The van der Waals surface area contributed by atoms with Crippen molar-refractivity contribution < 1.29 is 37.9 Å². The number of carboxylic acids is 1. The molecule has 0 amide bonds. The van der Waals surface area contributed by atoms with Gasteiger partial charge in [0.1, 0.15) is 18.3 Å². The van der Waals surface area contributed by atoms with Crippen LogP contribution in [0.2, 0.25) is 6.04 Å². The van der Waals surface area contributed by atoms with Gasteiger partial charge in [-0.15, -0.1) is 0 Å². The number of carbonyl (C=O) groups is 1. The van der Waals surface area contributed by atoms with E-state index in [1.54, 1.807) is 0 Å². The van der Waals surface area contributed by atoms with Crippen molar-refractivity contribution in [2.45, 2.75) is 205 Å². The Bertz CT molecular complexity index is 791. The monoisotopic (exact) mass is 687 g/mol. The number of hydrogen-bond acceptors (Lipinski definition) is 6. The highest BCUT2D eigenvalue weighted by Gasteiger charge is 2.59. The summed E-state index contributed by atoms with van der Waals surface area (Å²) in [6.45, 7) is 7.85. The zero-order valence-electron chi connectivity index (χ0n) is 30.9. The number of aliphatic hydroxyl groups excluding tert-OH is 2. The normalized spacial score (nSPS) is 25.6. The van der Waals surface area contributed by atoms with Crippen LogP contribution in [0.4, 0.5) is 0 Å². The van der Waals surface area contributed by atoms with Crippen molar-refractivity contribution in [2.75, 3.05) is 33.3 Å². The van der Waals surface area contributed by atoms with E-state index in [1.165, 1.54) is 154 Å². The van der Waals surface area contributed by atoms with E-state index in [0.717, 1.165) is 30.5 Å². The molecule has 6 atom stereocenters. The molecule has 2 heterocycles. The third-order valence-electron chi connectivity index (χ3n) is 10.6. The van der Waals surface area contributed by atoms with Gasteiger partial charge in [0.25, 0.3) is 0 Å². The van der Waals surface area contributed by atoms with Gasteiger partial charge in [-0.05, 0) is 25.7 Å². The maximum atomic E-state index is 11.8. The molecule has 278 valence electrons. The number of aliphatic carboxylic acids is 1. The molecule has 9 heteroatoms. The van der Waals surface area contributed by atoms with Gasteiger partial charge in [-0.1, -0.05) is 142 Å². The molecule has 3 N–H and O–H groups in total. The third kappa shape index (κ3) is 17.8. The van der Waals surface area contributed by atoms with Gasteiger partial charge in [0.15, 0.2) is 6.10 Å². The van der Waals surface area contributed by atoms with E-state index in [4.69, 9.17) is 13.3 Å². The average molecular weight is 687 g/mol. The molecule has 2 rings (SSSR count). The molecule has 2 saturated heterocycles. The zero-order chi connectivity index (χ0) is 34.2. The SMILES string of the molecule is CCCCCCCCCCCCCCCCCC[N+](C)(CCCCCCCCCC)CCC[Si]12OC[C@@H](O)[C@H](O1)[C@H](O)[C@H](C(=O)O)O2. The van der Waals surface area contributed by atoms with Gasteiger partial charge in [0.2, 0.25) is 0 Å². The maximum Gasteiger partial charge on any atom is 0.502 e. The summed E-state index contributed by atoms with van der Waals surface area (Å²) in [7, 11) is -0.908. The van der Waals surface area contributed by atoms with Crippen LogP contribution in [0.25, 0.3) is 0 Å². The second kappa shape index (κ2) is 25.4. The summed E-state index contributed by atoms with van der Waals surface area (Å²) in [5.41, 5.74) is 0. The number of fused-ring (bicyclic) bond motifs is 2. The lowest BCUT2D eigenvalue weighted by Gasteiger charge is -2.48. The number of carboxylic acid groups (broad SMARTS) is 1. The first kappa shape index (κ1) is 42.6. The predicted octanol–water partition coefficient (Wildman–Crippen LogP) is 8.78. The van der Waals surface area contributed by atoms with Crippen molar-refractivity contribution >= 4 is 14.8 Å². The Morgan fingerprint density at radius 2 is 1.00 bits per heavy atom. The smallest absolute Gasteiger partial charge is 0.479 e. The van der Waals surface area contributed by atoms with Gasteiger partial charge in [0.05, 0.1) is 33.3 Å². The second-order valence-electron chi connectivity index (χ2n) is 15.2. The van der Waals surface area contributed by atoms with Gasteiger partial charge in [-0.25, -0.2) is 4.79 Å². The quantitative estimate of drug-likeness (QED) is 0.0380. The standard InChI is InChI=1S/C38H75NO7Si/c1-4-6-8-10-12-14-15-16-17-18-19-20-21-23-25-27-30-39(3,29-26-24-22-13-11-9-7-5-2)31-28-32-47-44-33-34(40)36(45-47)35(41)37(46-47)38(42)43/h34-37,40-41H,4-33H2,1-3H3/p+1/t34-,35+,36+,37-,39?,47?/m1/s1. The molecule has 2 fully saturated rings. The number of quaternary nitrogens is 1. The molecule has 2 aliphatic heterocycles. The third-order valence-corrected chi connectivity index (χ3v) is 13.5. The average Bonchev–Trinajstić information content (AvgIpc) is 3.05. The first-order valence-electron chi connectivity index (χ1n) is 20.2. The molecule has 0 aliphatic carbocycles. The molecule has 2 unspecified atom stereocenters. The van der Waals surface area contributed by atoms with Crippen molar-refractivity contribution in [3.05, 3.63) is 0 Å². The second-order valence-corrected chi connectivity index (χ2v) is 17.8. The van der Waals surface area contributed by atoms with Gasteiger partial charge in [-0.2, -0.15) is 0 Å². The number of rotatable bonds is 31. The Hall–Kier alpha value is -0.553. The van der Waals surface area contributed by atoms with Crippen LogP contribution in [0, 0.1) is 0 Å². The molecule has 2 bridgehead atoms. The Morgan fingerprint density at radius 3 is 1.40 bits per heavy atom. The minimum Gasteiger partial charge on any atom is -0.479 e. The van der Waals surface area contributed by atoms with Crippen LogP contribution in [0.15, 0.2) is 0 Å². The fourth-order valence-electron chi connectivity index (χ4n) is 7.49. The molecular weight excluding hydrogens is 611 g/mol. The highest BCUT2D eigenvalue weighted by Crippen LogP contribution is 2.35. The minimum absolute atomic E-state index is 0.0177. The van der Waals surface area contributed by atoms with Crippen molar-refractivity contribution in [3.63, 3.8) is 0 Å². The Balaban J connectivity index is 1.70. The molecule has 47 heavy (non-hydrogen) atoms. The molecule has 2 aliphatic rings. The van der Waals surface area contributed by atoms with Crippen LogP contribution >= 0.6 is 0 Å². The molecule has 0 radical (unpaired) electrons. The van der Waals surface area contributed by atoms with E-state index >= 15 is 0 Å². The van der Waals surface area contributed by atoms with E-state index in [1.807, 2.05) is 0 Å². The summed E-state index contributed by atoms with van der Waals surface area (Å²) in [5.74, 6) is -1.24. The van der Waals surface area contributed by atoms with Crippen molar-refractivity contribution in [1.82, 2.24) is 0 Å². The Morgan fingerprint density at radius 1 is 0.617 bits per heavy atom. The minimum atomic E-state index is -3.29. The molecule has 8 nitrogen and oxygen atoms in total. The number of nitrogens with zero attached hydrogens (tertiary/aromatic N) is 1. The van der Waals surface area contributed by atoms with Crippen LogP contribution in [-0.2, 0) is 18.1 Å². The molecule has 0 aromatic carbocycles. The largest absolute Gasteiger partial charge is 0.502 e. The Kier molecular flexibility index (Phi) is 23.0. The molecule has 0 aromatic heterocycles. The van der Waals surface area contributed by atoms with Crippen molar-refractivity contribution in [2.24, 2.45) is 0 Å². The lowest BCUT2D eigenvalue weighted by Crippen LogP contribution is -2.70. The molecule has 0 spiro atoms. The lowest BCUT2D eigenvalue weighted by molar-refractivity contribution is -0.910. The van der Waals surface area contributed by atoms with Crippen LogP contribution in [0.1, 0.15) is 174 Å². The summed E-state index contributed by atoms with van der Waals surface area (Å²) in [5, 5.41) is 30.4. The van der Waals surface area contributed by atoms with Gasteiger partial charge in [0, 0.05) is 12.5 Å². The first-order chi connectivity index (χ1) is 22.8. The fourth-order valence-corrected chi connectivity index (χ4v) is 10.4. The maximum absolute atomic E-state index is 11.8. The lowest BCUT2D eigenvalue weighted by atomic mass is 10.0. The van der Waals surface area contributed by atoms with Crippen LogP contribution in [-0.4, -0.2) is 92.3 Å². The summed E-state index contributed by atoms with van der Waals surface area (Å²) >= 11 is 0. The van der Waals surface area contributed by atoms with Crippen LogP contribution in [0.3, 0.4) is 0 Å². The molecule has 0 aromatic rings. The topological polar surface area (TPSA) is 105 Å². The van der Waals surface area contributed by atoms with Gasteiger partial charge < -0.3 is 33.1 Å². The van der Waals surface area contributed by atoms with Crippen LogP contribution in [0.5, 0.6) is 0 Å². The zero-order valence-corrected chi connectivity index (χ0v) is 31.9. The van der Waals surface area contributed by atoms with Crippen molar-refractivity contribution in [1.29, 1.82) is 0 Å². The number of aliphatic hydroxyl groups is 2. The van der Waals surface area contributed by atoms with E-state index in [2.05, 4.69) is 20.9 Å². The van der Waals surface area contributed by atoms with Crippen LogP contribution < -0.4 is 0 Å². The first-order valence-corrected chi connectivity index (χ1v) is 22.1. The van der Waals surface area contributed by atoms with E-state index in [0.29, 0.717) is 6.04 Å². The molecular formula is C38H76NO7Si+. The highest BCUT2D eigenvalue weighted by molar-refractivity contribution is 6.61.